The van der Waals surface area contributed by atoms with E-state index < -0.39 is 23.6 Å². The van der Waals surface area contributed by atoms with Gasteiger partial charge in [-0.05, 0) is 57.0 Å². The normalized spacial score (nSPS) is 12.4. The second-order valence-corrected chi connectivity index (χ2v) is 8.66. The monoisotopic (exact) mass is 467 g/mol. The second-order valence-electron chi connectivity index (χ2n) is 7.74. The van der Waals surface area contributed by atoms with Crippen molar-refractivity contribution in [3.8, 4) is 5.75 Å². The fourth-order valence-electron chi connectivity index (χ4n) is 2.57. The highest BCUT2D eigenvalue weighted by molar-refractivity contribution is 9.10. The molecule has 158 valence electrons. The molecular weight excluding hydrogens is 441 g/mol. The summed E-state index contributed by atoms with van der Waals surface area (Å²) in [4.78, 5) is 13.4. The van der Waals surface area contributed by atoms with Gasteiger partial charge in [-0.1, -0.05) is 28.1 Å². The number of hydrogen-bond acceptors (Lipinski definition) is 4. The molecule has 0 aliphatic carbocycles. The Hall–Kier alpha value is -2.12. The molecule has 1 N–H and O–H groups in total. The van der Waals surface area contributed by atoms with Crippen molar-refractivity contribution in [2.75, 3.05) is 20.2 Å². The summed E-state index contributed by atoms with van der Waals surface area (Å²) in [6.45, 7) is 6.22. The smallest absolute Gasteiger partial charge is 0.410 e. The number of carbonyl (C=O) groups excluding carboxylic acids is 1. The molecular formula is C22H27BrFNO4. The fourth-order valence-corrected chi connectivity index (χ4v) is 2.83. The molecule has 7 heteroatoms. The zero-order valence-electron chi connectivity index (χ0n) is 17.1. The van der Waals surface area contributed by atoms with Crippen molar-refractivity contribution in [1.29, 1.82) is 0 Å². The van der Waals surface area contributed by atoms with Gasteiger partial charge >= 0.3 is 6.09 Å². The van der Waals surface area contributed by atoms with Gasteiger partial charge < -0.3 is 19.5 Å². The Kier molecular flexibility index (Phi) is 8.05. The molecule has 0 bridgehead atoms. The number of amides is 1. The Morgan fingerprint density at radius 3 is 2.45 bits per heavy atom. The van der Waals surface area contributed by atoms with Crippen LogP contribution in [0.1, 0.15) is 44.4 Å². The Bertz CT molecular complexity index is 821. The van der Waals surface area contributed by atoms with Crippen LogP contribution >= 0.6 is 15.9 Å². The first-order valence-corrected chi connectivity index (χ1v) is 10.2. The Morgan fingerprint density at radius 1 is 1.21 bits per heavy atom. The molecule has 1 amide bonds. The minimum absolute atomic E-state index is 0.185. The van der Waals surface area contributed by atoms with Crippen LogP contribution < -0.4 is 4.74 Å². The van der Waals surface area contributed by atoms with Crippen LogP contribution in [0.15, 0.2) is 46.9 Å². The third-order valence-electron chi connectivity index (χ3n) is 4.06. The van der Waals surface area contributed by atoms with Crippen LogP contribution in [-0.2, 0) is 4.74 Å². The number of nitrogens with zero attached hydrogens (tertiary/aromatic N) is 1. The van der Waals surface area contributed by atoms with E-state index in [0.29, 0.717) is 30.9 Å². The van der Waals surface area contributed by atoms with E-state index >= 15 is 0 Å². The van der Waals surface area contributed by atoms with Crippen molar-refractivity contribution >= 4 is 22.0 Å². The summed E-state index contributed by atoms with van der Waals surface area (Å²) in [5.74, 6) is -0.169. The number of hydrogen-bond donors (Lipinski definition) is 1. The van der Waals surface area contributed by atoms with Crippen molar-refractivity contribution in [2.24, 2.45) is 0 Å². The van der Waals surface area contributed by atoms with E-state index in [-0.39, 0.29) is 5.56 Å². The number of aliphatic hydroxyl groups excluding tert-OH is 1. The van der Waals surface area contributed by atoms with E-state index in [0.717, 1.165) is 4.47 Å². The van der Waals surface area contributed by atoms with Crippen LogP contribution in [0.4, 0.5) is 9.18 Å². The van der Waals surface area contributed by atoms with Gasteiger partial charge in [0.15, 0.2) is 0 Å². The van der Waals surface area contributed by atoms with Crippen LogP contribution in [-0.4, -0.2) is 41.9 Å². The van der Waals surface area contributed by atoms with Gasteiger partial charge in [-0.25, -0.2) is 9.18 Å². The molecule has 0 spiro atoms. The molecule has 0 saturated heterocycles. The molecule has 2 rings (SSSR count). The molecule has 2 aromatic carbocycles. The van der Waals surface area contributed by atoms with Gasteiger partial charge in [0.1, 0.15) is 23.3 Å². The lowest BCUT2D eigenvalue weighted by atomic mass is 10.0. The molecule has 0 aromatic heterocycles. The first-order valence-electron chi connectivity index (χ1n) is 9.37. The number of rotatable bonds is 7. The third kappa shape index (κ3) is 7.33. The van der Waals surface area contributed by atoms with Crippen molar-refractivity contribution in [2.45, 2.75) is 38.9 Å². The van der Waals surface area contributed by atoms with E-state index in [2.05, 4.69) is 15.9 Å². The Labute approximate surface area is 179 Å². The van der Waals surface area contributed by atoms with E-state index in [1.165, 1.54) is 17.0 Å². The molecule has 29 heavy (non-hydrogen) atoms. The molecule has 5 nitrogen and oxygen atoms in total. The first kappa shape index (κ1) is 23.2. The Balaban J connectivity index is 1.86. The quantitative estimate of drug-likeness (QED) is 0.560. The summed E-state index contributed by atoms with van der Waals surface area (Å²) in [5.41, 5.74) is 0.248. The highest BCUT2D eigenvalue weighted by Gasteiger charge is 2.19. The second kappa shape index (κ2) is 10.1. The zero-order valence-corrected chi connectivity index (χ0v) is 18.7. The molecule has 0 saturated carbocycles. The third-order valence-corrected chi connectivity index (χ3v) is 4.59. The van der Waals surface area contributed by atoms with E-state index in [4.69, 9.17) is 9.47 Å². The SMILES string of the molecule is CN(CCCOc1ccc(C(O)c2ccc(Br)cc2)c(F)c1)C(=O)OC(C)(C)C. The maximum Gasteiger partial charge on any atom is 0.410 e. The molecule has 1 unspecified atom stereocenters. The predicted molar refractivity (Wildman–Crippen MR) is 114 cm³/mol. The lowest BCUT2D eigenvalue weighted by Gasteiger charge is -2.24. The summed E-state index contributed by atoms with van der Waals surface area (Å²) >= 11 is 3.33. The van der Waals surface area contributed by atoms with Crippen molar-refractivity contribution in [1.82, 2.24) is 4.90 Å². The molecule has 0 radical (unpaired) electrons. The van der Waals surface area contributed by atoms with Crippen LogP contribution in [0.25, 0.3) is 0 Å². The fraction of sp³-hybridized carbons (Fsp3) is 0.409. The highest BCUT2D eigenvalue weighted by atomic mass is 79.9. The van der Waals surface area contributed by atoms with Crippen molar-refractivity contribution in [3.05, 3.63) is 63.9 Å². The summed E-state index contributed by atoms with van der Waals surface area (Å²) in [6, 6.07) is 11.5. The van der Waals surface area contributed by atoms with E-state index in [9.17, 15) is 14.3 Å². The van der Waals surface area contributed by atoms with Gasteiger partial charge in [0, 0.05) is 29.7 Å². The number of halogens is 2. The van der Waals surface area contributed by atoms with E-state index in [1.54, 1.807) is 37.4 Å². The standard InChI is InChI=1S/C22H27BrFNO4/c1-22(2,3)29-21(27)25(4)12-5-13-28-17-10-11-18(19(24)14-17)20(26)15-6-8-16(23)9-7-15/h6-11,14,20,26H,5,12-13H2,1-4H3. The average molecular weight is 468 g/mol. The zero-order chi connectivity index (χ0) is 21.6. The summed E-state index contributed by atoms with van der Waals surface area (Å²) < 4.78 is 26.2. The topological polar surface area (TPSA) is 59.0 Å². The molecule has 0 heterocycles. The van der Waals surface area contributed by atoms with Gasteiger partial charge in [0.2, 0.25) is 0 Å². The summed E-state index contributed by atoms with van der Waals surface area (Å²) in [6.07, 6.45) is -0.880. The molecule has 0 fully saturated rings. The average Bonchev–Trinajstić information content (AvgIpc) is 2.64. The van der Waals surface area contributed by atoms with Gasteiger partial charge in [0.25, 0.3) is 0 Å². The number of ether oxygens (including phenoxy) is 2. The van der Waals surface area contributed by atoms with E-state index in [1.807, 2.05) is 20.8 Å². The van der Waals surface area contributed by atoms with Crippen LogP contribution in [0, 0.1) is 5.82 Å². The Morgan fingerprint density at radius 2 is 1.86 bits per heavy atom. The molecule has 0 aliphatic rings. The maximum absolute atomic E-state index is 14.4. The number of aliphatic hydroxyl groups is 1. The highest BCUT2D eigenvalue weighted by Crippen LogP contribution is 2.28. The largest absolute Gasteiger partial charge is 0.493 e. The minimum Gasteiger partial charge on any atom is -0.493 e. The lowest BCUT2D eigenvalue weighted by Crippen LogP contribution is -2.35. The summed E-state index contributed by atoms with van der Waals surface area (Å²) in [5, 5.41) is 10.4. The molecule has 2 aromatic rings. The first-order chi connectivity index (χ1) is 13.6. The van der Waals surface area contributed by atoms with Gasteiger partial charge in [-0.3, -0.25) is 0 Å². The van der Waals surface area contributed by atoms with Gasteiger partial charge in [-0.15, -0.1) is 0 Å². The predicted octanol–water partition coefficient (Wildman–Crippen LogP) is 5.31. The number of benzene rings is 2. The van der Waals surface area contributed by atoms with Crippen molar-refractivity contribution < 1.29 is 23.8 Å². The number of carbonyl (C=O) groups is 1. The van der Waals surface area contributed by atoms with Crippen LogP contribution in [0.2, 0.25) is 0 Å². The minimum atomic E-state index is -1.06. The van der Waals surface area contributed by atoms with Gasteiger partial charge in [0.05, 0.1) is 6.61 Å². The lowest BCUT2D eigenvalue weighted by molar-refractivity contribution is 0.0292. The molecule has 0 aliphatic heterocycles. The van der Waals surface area contributed by atoms with Crippen LogP contribution in [0.5, 0.6) is 5.75 Å². The maximum atomic E-state index is 14.4. The van der Waals surface area contributed by atoms with Crippen molar-refractivity contribution in [3.63, 3.8) is 0 Å². The summed E-state index contributed by atoms with van der Waals surface area (Å²) in [7, 11) is 1.66. The van der Waals surface area contributed by atoms with Gasteiger partial charge in [-0.2, -0.15) is 0 Å². The molecule has 1 atom stereocenters. The van der Waals surface area contributed by atoms with Crippen LogP contribution in [0.3, 0.4) is 0 Å².